The minimum atomic E-state index is -4.61. The number of aromatic amines is 1. The molecule has 0 unspecified atom stereocenters. The van der Waals surface area contributed by atoms with Gasteiger partial charge in [-0.2, -0.15) is 23.3 Å². The first-order valence-electron chi connectivity index (χ1n) is 11.3. The molecule has 182 valence electrons. The van der Waals surface area contributed by atoms with E-state index in [4.69, 9.17) is 4.74 Å². The van der Waals surface area contributed by atoms with Crippen molar-refractivity contribution in [3.8, 4) is 0 Å². The van der Waals surface area contributed by atoms with Gasteiger partial charge in [-0.3, -0.25) is 5.10 Å². The number of H-pyrrole nitrogens is 1. The number of aryl methyl sites for hydroxylation is 3. The van der Waals surface area contributed by atoms with Crippen molar-refractivity contribution in [2.45, 2.75) is 64.7 Å². The molecule has 0 spiro atoms. The fraction of sp³-hybridized carbons (Fsp3) is 0.458. The lowest BCUT2D eigenvalue weighted by molar-refractivity contribution is -0.137. The Balaban J connectivity index is 1.58. The first-order chi connectivity index (χ1) is 16.1. The summed E-state index contributed by atoms with van der Waals surface area (Å²) in [6.45, 7) is 5.79. The van der Waals surface area contributed by atoms with Crippen LogP contribution < -0.4 is 10.6 Å². The van der Waals surface area contributed by atoms with Crippen molar-refractivity contribution in [1.82, 2.24) is 20.2 Å². The summed E-state index contributed by atoms with van der Waals surface area (Å²) in [6.07, 6.45) is 0.757. The third kappa shape index (κ3) is 5.32. The molecule has 10 heteroatoms. The highest BCUT2D eigenvalue weighted by Gasteiger charge is 2.35. The molecule has 1 fully saturated rings. The van der Waals surface area contributed by atoms with Crippen LogP contribution in [0.5, 0.6) is 0 Å². The second-order valence-corrected chi connectivity index (χ2v) is 8.87. The van der Waals surface area contributed by atoms with Crippen molar-refractivity contribution < 1.29 is 17.9 Å². The first kappa shape index (κ1) is 24.0. The quantitative estimate of drug-likeness (QED) is 0.388. The van der Waals surface area contributed by atoms with Crippen LogP contribution in [-0.2, 0) is 10.9 Å². The Morgan fingerprint density at radius 3 is 2.35 bits per heavy atom. The molecule has 0 atom stereocenters. The van der Waals surface area contributed by atoms with Gasteiger partial charge in [-0.25, -0.2) is 4.98 Å². The fourth-order valence-corrected chi connectivity index (χ4v) is 4.49. The highest BCUT2D eigenvalue weighted by atomic mass is 19.4. The third-order valence-electron chi connectivity index (χ3n) is 6.35. The predicted octanol–water partition coefficient (Wildman–Crippen LogP) is 6.30. The summed E-state index contributed by atoms with van der Waals surface area (Å²) < 4.78 is 46.1. The van der Waals surface area contributed by atoms with E-state index in [0.717, 1.165) is 48.7 Å². The van der Waals surface area contributed by atoms with E-state index in [1.807, 2.05) is 13.0 Å². The smallest absolute Gasteiger partial charge is 0.381 e. The second-order valence-electron chi connectivity index (χ2n) is 8.87. The number of ether oxygens (including phenoxy) is 1. The molecule has 2 heterocycles. The van der Waals surface area contributed by atoms with Crippen molar-refractivity contribution in [1.29, 1.82) is 0 Å². The lowest BCUT2D eigenvalue weighted by Gasteiger charge is -2.29. The number of anilines is 4. The molecule has 2 aromatic heterocycles. The van der Waals surface area contributed by atoms with Gasteiger partial charge in [0, 0.05) is 30.8 Å². The van der Waals surface area contributed by atoms with Gasteiger partial charge in [0.1, 0.15) is 11.4 Å². The van der Waals surface area contributed by atoms with Gasteiger partial charge in [0.05, 0.1) is 6.10 Å². The van der Waals surface area contributed by atoms with Crippen LogP contribution in [0.3, 0.4) is 0 Å². The minimum Gasteiger partial charge on any atom is -0.381 e. The molecular weight excluding hydrogens is 445 g/mol. The third-order valence-corrected chi connectivity index (χ3v) is 6.35. The van der Waals surface area contributed by atoms with Gasteiger partial charge < -0.3 is 15.4 Å². The Hall–Kier alpha value is -3.14. The van der Waals surface area contributed by atoms with Crippen LogP contribution in [0, 0.1) is 20.8 Å². The average molecular weight is 475 g/mol. The lowest BCUT2D eigenvalue weighted by atomic mass is 9.80. The largest absolute Gasteiger partial charge is 0.421 e. The van der Waals surface area contributed by atoms with Crippen molar-refractivity contribution in [3.63, 3.8) is 0 Å². The Bertz CT molecular complexity index is 1150. The number of nitrogens with zero attached hydrogens (tertiary/aromatic N) is 3. The van der Waals surface area contributed by atoms with Gasteiger partial charge in [-0.1, -0.05) is 6.07 Å². The zero-order valence-electron chi connectivity index (χ0n) is 19.7. The van der Waals surface area contributed by atoms with Gasteiger partial charge >= 0.3 is 6.18 Å². The zero-order valence-corrected chi connectivity index (χ0v) is 19.7. The van der Waals surface area contributed by atoms with E-state index in [-0.39, 0.29) is 17.6 Å². The number of aromatic nitrogens is 4. The maximum absolute atomic E-state index is 13.5. The SMILES string of the molecule is CO[C@H]1CC[C@@H](c2cc(C)c(Nc3ncc(C(F)(F)F)c(Nc4cc(C)[nH]n4)n3)cc2C)CC1. The van der Waals surface area contributed by atoms with E-state index in [0.29, 0.717) is 17.7 Å². The molecule has 0 amide bonds. The second kappa shape index (κ2) is 9.61. The van der Waals surface area contributed by atoms with Crippen molar-refractivity contribution in [2.24, 2.45) is 0 Å². The number of benzene rings is 1. The fourth-order valence-electron chi connectivity index (χ4n) is 4.49. The summed E-state index contributed by atoms with van der Waals surface area (Å²) in [7, 11) is 1.76. The molecule has 3 aromatic rings. The zero-order chi connectivity index (χ0) is 24.5. The molecule has 4 rings (SSSR count). The maximum atomic E-state index is 13.5. The first-order valence-corrected chi connectivity index (χ1v) is 11.3. The number of nitrogens with one attached hydrogen (secondary N) is 3. The van der Waals surface area contributed by atoms with Gasteiger partial charge in [0.2, 0.25) is 5.95 Å². The normalized spacial score (nSPS) is 18.7. The van der Waals surface area contributed by atoms with Crippen LogP contribution >= 0.6 is 0 Å². The van der Waals surface area contributed by atoms with Crippen molar-refractivity contribution >= 4 is 23.3 Å². The van der Waals surface area contributed by atoms with Crippen LogP contribution in [0.1, 0.15) is 59.5 Å². The van der Waals surface area contributed by atoms with E-state index < -0.39 is 11.7 Å². The topological polar surface area (TPSA) is 87.8 Å². The van der Waals surface area contributed by atoms with E-state index >= 15 is 0 Å². The van der Waals surface area contributed by atoms with Crippen LogP contribution in [-0.4, -0.2) is 33.4 Å². The standard InChI is InChI=1S/C24H29F3N6O/c1-13-10-20(14(2)9-18(13)16-5-7-17(34-4)8-6-16)29-23-28-12-19(24(25,26)27)22(31-23)30-21-11-15(3)32-33-21/h9-12,16-17H,5-8H2,1-4H3,(H3,28,29,30,31,32,33)/t16-,17+. The predicted molar refractivity (Wildman–Crippen MR) is 125 cm³/mol. The lowest BCUT2D eigenvalue weighted by Crippen LogP contribution is -2.20. The Kier molecular flexibility index (Phi) is 6.79. The summed E-state index contributed by atoms with van der Waals surface area (Å²) in [4.78, 5) is 8.04. The average Bonchev–Trinajstić information content (AvgIpc) is 3.20. The van der Waals surface area contributed by atoms with Gasteiger partial charge in [-0.15, -0.1) is 0 Å². The van der Waals surface area contributed by atoms with Crippen molar-refractivity contribution in [3.05, 3.63) is 52.3 Å². The molecule has 0 saturated heterocycles. The molecule has 0 radical (unpaired) electrons. The number of hydrogen-bond acceptors (Lipinski definition) is 6. The number of alkyl halides is 3. The molecule has 0 aliphatic heterocycles. The number of halogens is 3. The van der Waals surface area contributed by atoms with E-state index in [1.54, 1.807) is 20.1 Å². The van der Waals surface area contributed by atoms with E-state index in [9.17, 15) is 13.2 Å². The highest BCUT2D eigenvalue weighted by Crippen LogP contribution is 2.38. The number of rotatable bonds is 6. The van der Waals surface area contributed by atoms with Crippen LogP contribution in [0.15, 0.2) is 24.4 Å². The van der Waals surface area contributed by atoms with Gasteiger partial charge in [0.25, 0.3) is 0 Å². The Morgan fingerprint density at radius 2 is 1.74 bits per heavy atom. The summed E-state index contributed by atoms with van der Waals surface area (Å²) in [5.41, 5.74) is 3.93. The van der Waals surface area contributed by atoms with E-state index in [2.05, 4.69) is 43.8 Å². The van der Waals surface area contributed by atoms with Gasteiger partial charge in [-0.05, 0) is 75.1 Å². The monoisotopic (exact) mass is 474 g/mol. The molecule has 7 nitrogen and oxygen atoms in total. The molecule has 1 saturated carbocycles. The summed E-state index contributed by atoms with van der Waals surface area (Å²) in [5, 5.41) is 12.4. The van der Waals surface area contributed by atoms with Crippen LogP contribution in [0.25, 0.3) is 0 Å². The molecule has 34 heavy (non-hydrogen) atoms. The summed E-state index contributed by atoms with van der Waals surface area (Å²) in [6, 6.07) is 5.77. The molecule has 1 aromatic carbocycles. The molecular formula is C24H29F3N6O. The molecule has 1 aliphatic carbocycles. The summed E-state index contributed by atoms with van der Waals surface area (Å²) in [5.74, 6) is 0.429. The van der Waals surface area contributed by atoms with Crippen LogP contribution in [0.4, 0.5) is 36.4 Å². The Morgan fingerprint density at radius 1 is 1.00 bits per heavy atom. The minimum absolute atomic E-state index is 0.0682. The maximum Gasteiger partial charge on any atom is 0.421 e. The van der Waals surface area contributed by atoms with Gasteiger partial charge in [0.15, 0.2) is 5.82 Å². The number of hydrogen-bond donors (Lipinski definition) is 3. The number of methoxy groups -OCH3 is 1. The van der Waals surface area contributed by atoms with Crippen molar-refractivity contribution in [2.75, 3.05) is 17.7 Å². The molecule has 1 aliphatic rings. The highest BCUT2D eigenvalue weighted by molar-refractivity contribution is 5.64. The van der Waals surface area contributed by atoms with Crippen LogP contribution in [0.2, 0.25) is 0 Å². The summed E-state index contributed by atoms with van der Waals surface area (Å²) >= 11 is 0. The molecule has 0 bridgehead atoms. The van der Waals surface area contributed by atoms with E-state index in [1.165, 1.54) is 5.56 Å². The molecule has 3 N–H and O–H groups in total. The Labute approximate surface area is 196 Å².